The van der Waals surface area contributed by atoms with Crippen molar-refractivity contribution in [3.8, 4) is 0 Å². The number of halogens is 1. The Morgan fingerprint density at radius 1 is 1.25 bits per heavy atom. The zero-order valence-corrected chi connectivity index (χ0v) is 18.6. The van der Waals surface area contributed by atoms with Gasteiger partial charge < -0.3 is 40.6 Å². The van der Waals surface area contributed by atoms with Crippen molar-refractivity contribution in [2.45, 2.75) is 36.5 Å². The molecule has 1 aromatic heterocycles. The predicted octanol–water partition coefficient (Wildman–Crippen LogP) is -0.667. The highest BCUT2D eigenvalue weighted by Crippen LogP contribution is 2.71. The Kier molecular flexibility index (Phi) is 5.35. The van der Waals surface area contributed by atoms with Crippen LogP contribution < -0.4 is 11.2 Å². The van der Waals surface area contributed by atoms with Crippen LogP contribution in [0.15, 0.2) is 17.1 Å². The van der Waals surface area contributed by atoms with Gasteiger partial charge in [-0.1, -0.05) is 0 Å². The van der Waals surface area contributed by atoms with E-state index in [0.717, 1.165) is 6.92 Å². The van der Waals surface area contributed by atoms with Crippen LogP contribution in [0.25, 0.3) is 0 Å². The summed E-state index contributed by atoms with van der Waals surface area (Å²) in [5.74, 6) is 0.183. The van der Waals surface area contributed by atoms with Crippen molar-refractivity contribution in [3.63, 3.8) is 0 Å². The third-order valence-electron chi connectivity index (χ3n) is 5.17. The van der Waals surface area contributed by atoms with Crippen LogP contribution in [0.4, 0.5) is 4.39 Å². The Hall–Kier alpha value is -1.19. The lowest BCUT2D eigenvalue weighted by atomic mass is 9.91. The highest BCUT2D eigenvalue weighted by molar-refractivity contribution is 7.66. The number of aliphatic imine (C=N–C) groups is 1. The number of hydrogen-bond donors (Lipinski definition) is 7. The van der Waals surface area contributed by atoms with E-state index in [9.17, 15) is 28.6 Å². The third kappa shape index (κ3) is 3.88. The second kappa shape index (κ2) is 7.15. The molecule has 0 amide bonds. The lowest BCUT2D eigenvalue weighted by Crippen LogP contribution is -2.44. The van der Waals surface area contributed by atoms with Crippen molar-refractivity contribution in [1.82, 2.24) is 4.68 Å². The maximum Gasteiger partial charge on any atom is 0.490 e. The van der Waals surface area contributed by atoms with Crippen molar-refractivity contribution >= 4 is 29.3 Å². The van der Waals surface area contributed by atoms with E-state index in [2.05, 4.69) is 23.6 Å². The number of fused-ring (bicyclic) bond motifs is 2. The number of alkyl halides is 1. The summed E-state index contributed by atoms with van der Waals surface area (Å²) in [6.07, 6.45) is -4.70. The second-order valence-electron chi connectivity index (χ2n) is 7.29. The summed E-state index contributed by atoms with van der Waals surface area (Å²) in [6, 6.07) is 3.02. The summed E-state index contributed by atoms with van der Waals surface area (Å²) in [5, 5.41) is 10.8. The zero-order chi connectivity index (χ0) is 23.9. The maximum absolute atomic E-state index is 15.7. The fourth-order valence-electron chi connectivity index (χ4n) is 3.76. The van der Waals surface area contributed by atoms with E-state index in [1.165, 1.54) is 16.8 Å². The number of hydrogen-bond acceptors (Lipinski definition) is 11. The molecule has 0 aromatic carbocycles. The minimum absolute atomic E-state index is 0.0958. The number of ether oxygens (including phenoxy) is 1. The van der Waals surface area contributed by atoms with Gasteiger partial charge in [0.1, 0.15) is 36.5 Å². The molecule has 3 aliphatic rings. The fraction of sp³-hybridized carbons (Fsp3) is 0.583. The number of nitrogens with one attached hydrogen (secondary N) is 1. The van der Waals surface area contributed by atoms with Crippen LogP contribution in [0.3, 0.4) is 0 Å². The molecule has 1 aliphatic carbocycles. The van der Waals surface area contributed by atoms with Crippen LogP contribution in [-0.4, -0.2) is 65.3 Å². The van der Waals surface area contributed by atoms with Crippen LogP contribution >= 0.6 is 23.5 Å². The number of rotatable bonds is 7. The van der Waals surface area contributed by atoms with E-state index in [4.69, 9.17) is 20.3 Å². The van der Waals surface area contributed by atoms with Gasteiger partial charge in [-0.05, 0) is 19.1 Å². The Morgan fingerprint density at radius 2 is 1.91 bits per heavy atom. The minimum Gasteiger partial charge on any atom is -0.382 e. The first-order valence-electron chi connectivity index (χ1n) is 8.63. The summed E-state index contributed by atoms with van der Waals surface area (Å²) < 4.78 is 68.5. The van der Waals surface area contributed by atoms with Gasteiger partial charge in [0.2, 0.25) is 0 Å². The number of phosphoric acid groups is 3. The molecule has 1 aromatic rings. The Morgan fingerprint density at radius 3 is 2.47 bits per heavy atom. The Balaban J connectivity index is 1.51. The molecule has 1 saturated carbocycles. The molecule has 0 radical (unpaired) electrons. The number of nitrogens with two attached hydrogens (primary N) is 1. The van der Waals surface area contributed by atoms with Gasteiger partial charge in [-0.25, -0.2) is 23.1 Å². The molecule has 2 fully saturated rings. The van der Waals surface area contributed by atoms with E-state index in [1.807, 2.05) is 0 Å². The van der Waals surface area contributed by atoms with Gasteiger partial charge in [0.25, 0.3) is 0 Å². The third-order valence-corrected chi connectivity index (χ3v) is 9.00. The van der Waals surface area contributed by atoms with Crippen LogP contribution in [0, 0.1) is 0 Å². The van der Waals surface area contributed by atoms with Crippen LogP contribution in [0.2, 0.25) is 0 Å². The summed E-state index contributed by atoms with van der Waals surface area (Å²) in [6.45, 7) is 1.05. The first kappa shape index (κ1) is 24.0. The highest BCUT2D eigenvalue weighted by atomic mass is 31.3. The number of nitrogens with zero attached hydrogens (tertiary/aromatic N) is 2. The largest absolute Gasteiger partial charge is 0.490 e. The van der Waals surface area contributed by atoms with Gasteiger partial charge in [-0.2, -0.15) is 8.62 Å². The Bertz CT molecular complexity index is 1130. The number of amidine groups is 1. The summed E-state index contributed by atoms with van der Waals surface area (Å²) in [4.78, 5) is 39.9. The fourth-order valence-corrected chi connectivity index (χ4v) is 6.98. The van der Waals surface area contributed by atoms with Crippen LogP contribution in [0.5, 0.6) is 0 Å². The predicted molar refractivity (Wildman–Crippen MR) is 100 cm³/mol. The first-order chi connectivity index (χ1) is 14.5. The quantitative estimate of drug-likeness (QED) is 0.220. The lowest BCUT2D eigenvalue weighted by Gasteiger charge is -2.31. The number of phosphoric ester groups is 1. The molecule has 4 rings (SSSR count). The molecule has 3 unspecified atom stereocenters. The SMILES string of the molecule is C[C@]1(F)[C@H](c2ccc3n2NCN=C3N)O[C@@H]2C(OP(=O)(O)OP(=O)(O)OP(=O)(O)O)[C@@]21O. The maximum atomic E-state index is 15.7. The smallest absolute Gasteiger partial charge is 0.382 e. The standard InChI is InChI=1S/C12H18FN4O12P3/c1-11(13)7(5-2-3-6-10(14)15-4-16-17(5)6)26-8-9(12(8,11)18)27-31(22,23)29-32(24,25)28-30(19,20)21/h2-3,7-9,16,18H,4H2,1H3,(H2,14,15)(H,22,23)(H,24,25)(H2,19,20,21)/t7-,8+,9?,11-,12-/m0/s1. The van der Waals surface area contributed by atoms with Crippen LogP contribution in [0.1, 0.15) is 24.4 Å². The molecule has 0 spiro atoms. The van der Waals surface area contributed by atoms with E-state index in [0.29, 0.717) is 5.69 Å². The average Bonchev–Trinajstić information content (AvgIpc) is 2.89. The molecule has 16 nitrogen and oxygen atoms in total. The van der Waals surface area contributed by atoms with Gasteiger partial charge in [0.05, 0.1) is 5.69 Å². The van der Waals surface area contributed by atoms with Crippen molar-refractivity contribution in [1.29, 1.82) is 0 Å². The van der Waals surface area contributed by atoms with Gasteiger partial charge >= 0.3 is 23.5 Å². The molecule has 20 heteroatoms. The normalized spacial score (nSPS) is 37.5. The summed E-state index contributed by atoms with van der Waals surface area (Å²) >= 11 is 0. The van der Waals surface area contributed by atoms with E-state index >= 15 is 4.39 Å². The molecule has 180 valence electrons. The molecule has 0 bridgehead atoms. The highest BCUT2D eigenvalue weighted by Gasteiger charge is 2.85. The van der Waals surface area contributed by atoms with Gasteiger partial charge in [-0.15, -0.1) is 0 Å². The minimum atomic E-state index is -5.77. The molecule has 8 N–H and O–H groups in total. The number of aliphatic hydroxyl groups is 1. The van der Waals surface area contributed by atoms with E-state index < -0.39 is 53.0 Å². The Labute approximate surface area is 178 Å². The van der Waals surface area contributed by atoms with Crippen molar-refractivity contribution in [3.05, 3.63) is 23.5 Å². The van der Waals surface area contributed by atoms with E-state index in [1.54, 1.807) is 0 Å². The molecule has 7 atom stereocenters. The van der Waals surface area contributed by atoms with Crippen molar-refractivity contribution < 1.29 is 60.6 Å². The second-order valence-corrected chi connectivity index (χ2v) is 11.7. The molecule has 2 aliphatic heterocycles. The average molecular weight is 522 g/mol. The monoisotopic (exact) mass is 522 g/mol. The van der Waals surface area contributed by atoms with Crippen molar-refractivity contribution in [2.24, 2.45) is 10.7 Å². The number of aromatic nitrogens is 1. The molecule has 32 heavy (non-hydrogen) atoms. The van der Waals surface area contributed by atoms with Gasteiger partial charge in [0.15, 0.2) is 11.3 Å². The summed E-state index contributed by atoms with van der Waals surface area (Å²) in [7, 11) is -16.9. The van der Waals surface area contributed by atoms with Gasteiger partial charge in [-0.3, -0.25) is 9.20 Å². The van der Waals surface area contributed by atoms with Crippen LogP contribution in [-0.2, 0) is 31.6 Å². The van der Waals surface area contributed by atoms with E-state index in [-0.39, 0.29) is 18.2 Å². The lowest BCUT2D eigenvalue weighted by molar-refractivity contribution is -0.0869. The summed E-state index contributed by atoms with van der Waals surface area (Å²) in [5.41, 5.74) is 4.19. The van der Waals surface area contributed by atoms with Gasteiger partial charge in [0, 0.05) is 0 Å². The van der Waals surface area contributed by atoms with Crippen molar-refractivity contribution in [2.75, 3.05) is 12.1 Å². The molecular weight excluding hydrogens is 504 g/mol. The first-order valence-corrected chi connectivity index (χ1v) is 13.2. The molecular formula is C12H18FN4O12P3. The topological polar surface area (TPSA) is 245 Å². The molecule has 3 heterocycles. The zero-order valence-electron chi connectivity index (χ0n) is 15.9. The molecule has 1 saturated heterocycles.